The van der Waals surface area contributed by atoms with Crippen LogP contribution in [0.3, 0.4) is 0 Å². The van der Waals surface area contributed by atoms with Gasteiger partial charge >= 0.3 is 6.03 Å². The summed E-state index contributed by atoms with van der Waals surface area (Å²) in [6.45, 7) is 5.60. The first kappa shape index (κ1) is 26.9. The third-order valence-electron chi connectivity index (χ3n) is 5.50. The van der Waals surface area contributed by atoms with Crippen LogP contribution in [0.5, 0.6) is 0 Å². The molecule has 0 saturated heterocycles. The van der Waals surface area contributed by atoms with Crippen molar-refractivity contribution < 1.29 is 9.90 Å². The van der Waals surface area contributed by atoms with Crippen LogP contribution in [-0.2, 0) is 6.42 Å². The van der Waals surface area contributed by atoms with Crippen molar-refractivity contribution in [3.63, 3.8) is 0 Å². The maximum atomic E-state index is 13.2. The molecule has 0 bridgehead atoms. The highest BCUT2D eigenvalue weighted by atomic mass is 35.5. The molecule has 0 aliphatic rings. The maximum absolute atomic E-state index is 13.2. The molecule has 2 aromatic carbocycles. The maximum Gasteiger partial charge on any atom is 0.319 e. The number of aromatic nitrogens is 4. The first-order chi connectivity index (χ1) is 17.5. The topological polar surface area (TPSA) is 125 Å². The summed E-state index contributed by atoms with van der Waals surface area (Å²) in [7, 11) is 0. The van der Waals surface area contributed by atoms with Gasteiger partial charge in [0.1, 0.15) is 16.9 Å². The zero-order valence-corrected chi connectivity index (χ0v) is 22.5. The van der Waals surface area contributed by atoms with E-state index in [0.717, 1.165) is 5.56 Å². The van der Waals surface area contributed by atoms with Crippen LogP contribution in [0, 0.1) is 0 Å². The highest BCUT2D eigenvalue weighted by Crippen LogP contribution is 2.34. The molecule has 1 atom stereocenters. The lowest BCUT2D eigenvalue weighted by molar-refractivity contribution is 0.190. The number of benzene rings is 2. The van der Waals surface area contributed by atoms with Crippen LogP contribution in [0.25, 0.3) is 16.7 Å². The van der Waals surface area contributed by atoms with Crippen LogP contribution in [0.15, 0.2) is 41.2 Å². The summed E-state index contributed by atoms with van der Waals surface area (Å²) in [5.41, 5.74) is 2.41. The zero-order valence-electron chi connectivity index (χ0n) is 20.3. The molecule has 4 N–H and O–H groups in total. The van der Waals surface area contributed by atoms with Crippen LogP contribution in [0.2, 0.25) is 15.1 Å². The number of halogens is 3. The Bertz CT molecular complexity index is 1490. The van der Waals surface area contributed by atoms with Crippen molar-refractivity contribution >= 4 is 57.6 Å². The van der Waals surface area contributed by atoms with Crippen molar-refractivity contribution in [1.29, 1.82) is 0 Å². The summed E-state index contributed by atoms with van der Waals surface area (Å²) in [4.78, 5) is 32.6. The SMILES string of the molecule is CC(O)CNC(=O)Nc1ccc(Cc2nc3c(c(C(C)C)nn3-c3c(Cl)cc(Cl)cc3Cl)c(=O)[nH]2)cc1. The number of amides is 2. The molecule has 0 radical (unpaired) electrons. The Balaban J connectivity index is 1.68. The van der Waals surface area contributed by atoms with Crippen LogP contribution >= 0.6 is 34.8 Å². The summed E-state index contributed by atoms with van der Waals surface area (Å²) in [6, 6.07) is 9.81. The number of fused-ring (bicyclic) bond motifs is 1. The number of hydrogen-bond donors (Lipinski definition) is 4. The Morgan fingerprint density at radius 1 is 1.11 bits per heavy atom. The van der Waals surface area contributed by atoms with Gasteiger partial charge in [-0.15, -0.1) is 0 Å². The van der Waals surface area contributed by atoms with Crippen molar-refractivity contribution in [2.45, 2.75) is 39.2 Å². The molecule has 0 fully saturated rings. The molecule has 2 aromatic heterocycles. The summed E-state index contributed by atoms with van der Waals surface area (Å²) in [6.07, 6.45) is -0.316. The number of hydrogen-bond acceptors (Lipinski definition) is 5. The zero-order chi connectivity index (χ0) is 26.9. The molecular weight excluding hydrogens is 539 g/mol. The van der Waals surface area contributed by atoms with E-state index in [-0.39, 0.29) is 28.1 Å². The molecule has 4 rings (SSSR count). The monoisotopic (exact) mass is 562 g/mol. The molecule has 12 heteroatoms. The number of aliphatic hydroxyl groups excluding tert-OH is 1. The molecule has 2 heterocycles. The molecule has 194 valence electrons. The van der Waals surface area contributed by atoms with Crippen molar-refractivity contribution in [3.05, 3.63) is 78.9 Å². The summed E-state index contributed by atoms with van der Waals surface area (Å²) in [5.74, 6) is 0.366. The Hall–Kier alpha value is -3.11. The number of carbonyl (C=O) groups excluding carboxylic acids is 1. The lowest BCUT2D eigenvalue weighted by Gasteiger charge is -2.10. The quantitative estimate of drug-likeness (QED) is 0.243. The number of nitrogens with one attached hydrogen (secondary N) is 3. The number of anilines is 1. The van der Waals surface area contributed by atoms with Gasteiger partial charge in [0.05, 0.1) is 21.8 Å². The van der Waals surface area contributed by atoms with E-state index in [0.29, 0.717) is 45.4 Å². The van der Waals surface area contributed by atoms with Gasteiger partial charge in [-0.05, 0) is 42.7 Å². The van der Waals surface area contributed by atoms with E-state index in [2.05, 4.69) is 20.7 Å². The van der Waals surface area contributed by atoms with Gasteiger partial charge in [0, 0.05) is 23.7 Å². The predicted molar refractivity (Wildman–Crippen MR) is 147 cm³/mol. The van der Waals surface area contributed by atoms with Gasteiger partial charge in [0.25, 0.3) is 5.56 Å². The van der Waals surface area contributed by atoms with Crippen LogP contribution in [0.4, 0.5) is 10.5 Å². The summed E-state index contributed by atoms with van der Waals surface area (Å²) in [5, 5.41) is 20.5. The fourth-order valence-electron chi connectivity index (χ4n) is 3.79. The fourth-order valence-corrected chi connectivity index (χ4v) is 4.77. The lowest BCUT2D eigenvalue weighted by Crippen LogP contribution is -2.34. The van der Waals surface area contributed by atoms with E-state index in [9.17, 15) is 14.7 Å². The van der Waals surface area contributed by atoms with Crippen molar-refractivity contribution in [2.75, 3.05) is 11.9 Å². The minimum absolute atomic E-state index is 0.0554. The molecule has 0 aliphatic carbocycles. The van der Waals surface area contributed by atoms with Crippen molar-refractivity contribution in [1.82, 2.24) is 25.1 Å². The summed E-state index contributed by atoms with van der Waals surface area (Å²) < 4.78 is 1.49. The first-order valence-electron chi connectivity index (χ1n) is 11.5. The van der Waals surface area contributed by atoms with Gasteiger partial charge in [-0.3, -0.25) is 4.79 Å². The van der Waals surface area contributed by atoms with E-state index in [1.54, 1.807) is 31.2 Å². The molecule has 37 heavy (non-hydrogen) atoms. The Kier molecular flexibility index (Phi) is 8.08. The second-order valence-corrected chi connectivity index (χ2v) is 10.2. The van der Waals surface area contributed by atoms with Gasteiger partial charge in [0.15, 0.2) is 5.65 Å². The van der Waals surface area contributed by atoms with Crippen LogP contribution in [-0.4, -0.2) is 43.5 Å². The lowest BCUT2D eigenvalue weighted by atomic mass is 10.1. The van der Waals surface area contributed by atoms with E-state index in [1.807, 2.05) is 26.0 Å². The standard InChI is InChI=1S/C25H25Cl3N6O3/c1-12(2)21-20-23(34(33-21)22-17(27)9-15(26)10-18(22)28)31-19(32-24(20)36)8-14-4-6-16(7-5-14)30-25(37)29-11-13(3)35/h4-7,9-10,12-13,35H,8,11H2,1-3H3,(H2,29,30,37)(H,31,32,36). The Labute approximate surface area is 227 Å². The number of carbonyl (C=O) groups is 1. The third-order valence-corrected chi connectivity index (χ3v) is 6.29. The third kappa shape index (κ3) is 6.07. The normalized spacial score (nSPS) is 12.2. The number of aromatic amines is 1. The Morgan fingerprint density at radius 3 is 2.35 bits per heavy atom. The van der Waals surface area contributed by atoms with E-state index >= 15 is 0 Å². The highest BCUT2D eigenvalue weighted by molar-refractivity contribution is 6.40. The van der Waals surface area contributed by atoms with Gasteiger partial charge < -0.3 is 20.7 Å². The molecule has 0 spiro atoms. The number of nitrogens with zero attached hydrogens (tertiary/aromatic N) is 3. The van der Waals surface area contributed by atoms with Crippen LogP contribution in [0.1, 0.15) is 43.8 Å². The average Bonchev–Trinajstić information content (AvgIpc) is 3.18. The minimum Gasteiger partial charge on any atom is -0.392 e. The van der Waals surface area contributed by atoms with Crippen molar-refractivity contribution in [2.24, 2.45) is 0 Å². The van der Waals surface area contributed by atoms with E-state index in [4.69, 9.17) is 39.8 Å². The second kappa shape index (κ2) is 11.1. The fraction of sp³-hybridized carbons (Fsp3) is 0.280. The molecule has 2 amide bonds. The second-order valence-electron chi connectivity index (χ2n) is 8.94. The number of rotatable bonds is 7. The number of urea groups is 1. The van der Waals surface area contributed by atoms with Gasteiger partial charge in [-0.25, -0.2) is 14.5 Å². The predicted octanol–water partition coefficient (Wildman–Crippen LogP) is 5.29. The van der Waals surface area contributed by atoms with E-state index in [1.165, 1.54) is 4.68 Å². The number of aliphatic hydroxyl groups is 1. The first-order valence-corrected chi connectivity index (χ1v) is 12.7. The highest BCUT2D eigenvalue weighted by Gasteiger charge is 2.23. The van der Waals surface area contributed by atoms with E-state index < -0.39 is 12.1 Å². The Morgan fingerprint density at radius 2 is 1.76 bits per heavy atom. The molecule has 0 aliphatic heterocycles. The summed E-state index contributed by atoms with van der Waals surface area (Å²) >= 11 is 19.0. The largest absolute Gasteiger partial charge is 0.392 e. The van der Waals surface area contributed by atoms with Gasteiger partial charge in [0.2, 0.25) is 0 Å². The molecular formula is C25H25Cl3N6O3. The number of H-pyrrole nitrogens is 1. The van der Waals surface area contributed by atoms with Crippen molar-refractivity contribution in [3.8, 4) is 5.69 Å². The molecule has 9 nitrogen and oxygen atoms in total. The molecule has 1 unspecified atom stereocenters. The molecule has 4 aromatic rings. The smallest absolute Gasteiger partial charge is 0.319 e. The van der Waals surface area contributed by atoms with Gasteiger partial charge in [-0.1, -0.05) is 60.8 Å². The van der Waals surface area contributed by atoms with Crippen LogP contribution < -0.4 is 16.2 Å². The average molecular weight is 564 g/mol. The van der Waals surface area contributed by atoms with Gasteiger partial charge in [-0.2, -0.15) is 5.10 Å². The minimum atomic E-state index is -0.639. The molecule has 0 saturated carbocycles.